The molecule has 0 aromatic rings. The monoisotopic (exact) mass is 198 g/mol. The van der Waals surface area contributed by atoms with Gasteiger partial charge in [-0.15, -0.1) is 0 Å². The average molecular weight is 198 g/mol. The SMILES string of the molecule is CCC1NC(C)C(=O)N1C(C)C(C)C. The number of hydrogen-bond donors (Lipinski definition) is 1. The number of carbonyl (C=O) groups is 1. The lowest BCUT2D eigenvalue weighted by atomic mass is 10.0. The molecule has 1 amide bonds. The summed E-state index contributed by atoms with van der Waals surface area (Å²) in [5.41, 5.74) is 0. The molecule has 1 heterocycles. The second kappa shape index (κ2) is 4.30. The summed E-state index contributed by atoms with van der Waals surface area (Å²) in [5, 5.41) is 3.32. The molecule has 3 heteroatoms. The van der Waals surface area contributed by atoms with Crippen molar-refractivity contribution in [2.75, 3.05) is 0 Å². The fraction of sp³-hybridized carbons (Fsp3) is 0.909. The van der Waals surface area contributed by atoms with E-state index in [0.29, 0.717) is 12.0 Å². The van der Waals surface area contributed by atoms with E-state index in [4.69, 9.17) is 0 Å². The van der Waals surface area contributed by atoms with E-state index in [0.717, 1.165) is 6.42 Å². The van der Waals surface area contributed by atoms with Gasteiger partial charge in [0.25, 0.3) is 0 Å². The number of nitrogens with one attached hydrogen (secondary N) is 1. The first-order chi connectivity index (χ1) is 6.49. The molecule has 1 saturated heterocycles. The number of carbonyl (C=O) groups excluding carboxylic acids is 1. The van der Waals surface area contributed by atoms with Crippen LogP contribution < -0.4 is 5.32 Å². The Hall–Kier alpha value is -0.570. The predicted molar refractivity (Wildman–Crippen MR) is 57.8 cm³/mol. The van der Waals surface area contributed by atoms with E-state index in [1.54, 1.807) is 0 Å². The zero-order valence-electron chi connectivity index (χ0n) is 9.87. The van der Waals surface area contributed by atoms with Crippen LogP contribution in [0.15, 0.2) is 0 Å². The summed E-state index contributed by atoms with van der Waals surface area (Å²) in [4.78, 5) is 13.9. The maximum Gasteiger partial charge on any atom is 0.240 e. The van der Waals surface area contributed by atoms with Crippen LogP contribution in [-0.4, -0.2) is 29.1 Å². The highest BCUT2D eigenvalue weighted by Gasteiger charge is 2.38. The minimum Gasteiger partial charge on any atom is -0.323 e. The molecule has 3 nitrogen and oxygen atoms in total. The minimum absolute atomic E-state index is 0.0128. The van der Waals surface area contributed by atoms with Gasteiger partial charge in [0.05, 0.1) is 12.2 Å². The lowest BCUT2D eigenvalue weighted by molar-refractivity contribution is -0.132. The van der Waals surface area contributed by atoms with Crippen LogP contribution in [0.4, 0.5) is 0 Å². The Morgan fingerprint density at radius 3 is 2.43 bits per heavy atom. The van der Waals surface area contributed by atoms with Gasteiger partial charge in [0, 0.05) is 6.04 Å². The molecule has 3 atom stereocenters. The summed E-state index contributed by atoms with van der Waals surface area (Å²) >= 11 is 0. The normalized spacial score (nSPS) is 30.1. The van der Waals surface area contributed by atoms with Gasteiger partial charge in [-0.25, -0.2) is 0 Å². The second-order valence-corrected chi connectivity index (χ2v) is 4.54. The first-order valence-electron chi connectivity index (χ1n) is 5.57. The highest BCUT2D eigenvalue weighted by molar-refractivity contribution is 5.84. The van der Waals surface area contributed by atoms with Gasteiger partial charge in [0.2, 0.25) is 5.91 Å². The molecule has 0 spiro atoms. The van der Waals surface area contributed by atoms with Crippen LogP contribution >= 0.6 is 0 Å². The summed E-state index contributed by atoms with van der Waals surface area (Å²) in [6, 6.07) is 0.311. The minimum atomic E-state index is -0.0128. The molecule has 0 bridgehead atoms. The largest absolute Gasteiger partial charge is 0.323 e. The van der Waals surface area contributed by atoms with Crippen LogP contribution in [0.25, 0.3) is 0 Å². The van der Waals surface area contributed by atoms with Crippen molar-refractivity contribution in [3.63, 3.8) is 0 Å². The Labute approximate surface area is 86.9 Å². The third-order valence-corrected chi connectivity index (χ3v) is 3.19. The zero-order valence-corrected chi connectivity index (χ0v) is 9.87. The van der Waals surface area contributed by atoms with Gasteiger partial charge >= 0.3 is 0 Å². The van der Waals surface area contributed by atoms with E-state index in [-0.39, 0.29) is 18.1 Å². The number of amides is 1. The lowest BCUT2D eigenvalue weighted by Crippen LogP contribution is -2.45. The Morgan fingerprint density at radius 2 is 2.00 bits per heavy atom. The third kappa shape index (κ3) is 1.92. The van der Waals surface area contributed by atoms with Crippen molar-refractivity contribution >= 4 is 5.91 Å². The maximum atomic E-state index is 11.9. The fourth-order valence-corrected chi connectivity index (χ4v) is 1.94. The Bertz CT molecular complexity index is 213. The van der Waals surface area contributed by atoms with Crippen molar-refractivity contribution in [3.05, 3.63) is 0 Å². The first-order valence-corrected chi connectivity index (χ1v) is 5.57. The standard InChI is InChI=1S/C11H22N2O/c1-6-10-12-8(4)11(14)13(10)9(5)7(2)3/h7-10,12H,6H2,1-5H3. The van der Waals surface area contributed by atoms with Crippen LogP contribution in [0, 0.1) is 5.92 Å². The van der Waals surface area contributed by atoms with Crippen LogP contribution in [0.5, 0.6) is 0 Å². The summed E-state index contributed by atoms with van der Waals surface area (Å²) in [6.07, 6.45) is 1.21. The summed E-state index contributed by atoms with van der Waals surface area (Å²) in [7, 11) is 0. The molecule has 1 fully saturated rings. The summed E-state index contributed by atoms with van der Waals surface area (Å²) < 4.78 is 0. The number of rotatable bonds is 3. The summed E-state index contributed by atoms with van der Waals surface area (Å²) in [6.45, 7) is 10.5. The van der Waals surface area contributed by atoms with Crippen LogP contribution in [0.3, 0.4) is 0 Å². The van der Waals surface area contributed by atoms with Crippen molar-refractivity contribution in [2.24, 2.45) is 5.92 Å². The quantitative estimate of drug-likeness (QED) is 0.747. The second-order valence-electron chi connectivity index (χ2n) is 4.54. The molecule has 82 valence electrons. The number of hydrogen-bond acceptors (Lipinski definition) is 2. The predicted octanol–water partition coefficient (Wildman–Crippen LogP) is 1.59. The molecule has 1 aliphatic heterocycles. The van der Waals surface area contributed by atoms with Gasteiger partial charge in [-0.3, -0.25) is 10.1 Å². The van der Waals surface area contributed by atoms with E-state index in [2.05, 4.69) is 33.0 Å². The maximum absolute atomic E-state index is 11.9. The molecule has 0 radical (unpaired) electrons. The third-order valence-electron chi connectivity index (χ3n) is 3.19. The topological polar surface area (TPSA) is 32.3 Å². The average Bonchev–Trinajstić information content (AvgIpc) is 2.42. The smallest absolute Gasteiger partial charge is 0.240 e. The Balaban J connectivity index is 2.78. The van der Waals surface area contributed by atoms with Crippen molar-refractivity contribution in [1.29, 1.82) is 0 Å². The van der Waals surface area contributed by atoms with Crippen molar-refractivity contribution < 1.29 is 4.79 Å². The highest BCUT2D eigenvalue weighted by Crippen LogP contribution is 2.20. The fourth-order valence-electron chi connectivity index (χ4n) is 1.94. The zero-order chi connectivity index (χ0) is 10.9. The molecular formula is C11H22N2O. The molecule has 1 N–H and O–H groups in total. The first kappa shape index (κ1) is 11.5. The van der Waals surface area contributed by atoms with E-state index >= 15 is 0 Å². The van der Waals surface area contributed by atoms with Gasteiger partial charge in [-0.05, 0) is 26.2 Å². The van der Waals surface area contributed by atoms with E-state index in [9.17, 15) is 4.79 Å². The van der Waals surface area contributed by atoms with Gasteiger partial charge in [0.15, 0.2) is 0 Å². The van der Waals surface area contributed by atoms with Crippen LogP contribution in [0.2, 0.25) is 0 Å². The van der Waals surface area contributed by atoms with Gasteiger partial charge in [0.1, 0.15) is 0 Å². The molecule has 1 aliphatic rings. The molecule has 0 aliphatic carbocycles. The molecule has 0 aromatic carbocycles. The van der Waals surface area contributed by atoms with E-state index < -0.39 is 0 Å². The van der Waals surface area contributed by atoms with Gasteiger partial charge in [-0.1, -0.05) is 20.8 Å². The molecule has 3 unspecified atom stereocenters. The summed E-state index contributed by atoms with van der Waals surface area (Å²) in [5.74, 6) is 0.762. The van der Waals surface area contributed by atoms with E-state index in [1.807, 2.05) is 11.8 Å². The van der Waals surface area contributed by atoms with Crippen molar-refractivity contribution in [2.45, 2.75) is 59.3 Å². The van der Waals surface area contributed by atoms with Crippen molar-refractivity contribution in [1.82, 2.24) is 10.2 Å². The van der Waals surface area contributed by atoms with Gasteiger partial charge < -0.3 is 4.90 Å². The van der Waals surface area contributed by atoms with Gasteiger partial charge in [-0.2, -0.15) is 0 Å². The van der Waals surface area contributed by atoms with Crippen LogP contribution in [0.1, 0.15) is 41.0 Å². The molecule has 1 rings (SSSR count). The van der Waals surface area contributed by atoms with E-state index in [1.165, 1.54) is 0 Å². The highest BCUT2D eigenvalue weighted by atomic mass is 16.2. The molecular weight excluding hydrogens is 176 g/mol. The van der Waals surface area contributed by atoms with Crippen LogP contribution in [-0.2, 0) is 4.79 Å². The van der Waals surface area contributed by atoms with Crippen molar-refractivity contribution in [3.8, 4) is 0 Å². The lowest BCUT2D eigenvalue weighted by Gasteiger charge is -2.32. The molecule has 14 heavy (non-hydrogen) atoms. The molecule has 0 saturated carbocycles. The Kier molecular flexibility index (Phi) is 3.53. The number of nitrogens with zero attached hydrogens (tertiary/aromatic N) is 1. The Morgan fingerprint density at radius 1 is 1.43 bits per heavy atom. The molecule has 0 aromatic heterocycles.